The third kappa shape index (κ3) is 3.16. The maximum Gasteiger partial charge on any atom is 0.346 e. The van der Waals surface area contributed by atoms with Crippen LogP contribution in [0.4, 0.5) is 14.5 Å². The molecule has 0 fully saturated rings. The molecule has 8 heteroatoms. The van der Waals surface area contributed by atoms with Crippen molar-refractivity contribution in [1.29, 1.82) is 0 Å². The zero-order chi connectivity index (χ0) is 20.0. The van der Waals surface area contributed by atoms with Crippen LogP contribution in [0.2, 0.25) is 5.02 Å². The number of hydrogen-bond donors (Lipinski definition) is 2. The molecule has 0 bridgehead atoms. The first kappa shape index (κ1) is 18.6. The molecule has 0 unspecified atom stereocenters. The van der Waals surface area contributed by atoms with Crippen molar-refractivity contribution < 1.29 is 23.5 Å². The van der Waals surface area contributed by atoms with E-state index in [9.17, 15) is 23.5 Å². The van der Waals surface area contributed by atoms with Crippen LogP contribution in [0.25, 0.3) is 11.1 Å². The van der Waals surface area contributed by atoms with Crippen LogP contribution in [0, 0.1) is 11.6 Å². The molecule has 0 saturated heterocycles. The number of carboxylic acids is 1. The molecule has 2 N–H and O–H groups in total. The number of thiophene rings is 1. The number of fused-ring (bicyclic) bond motifs is 1. The summed E-state index contributed by atoms with van der Waals surface area (Å²) in [6.45, 7) is 0. The Morgan fingerprint density at radius 3 is 2.57 bits per heavy atom. The summed E-state index contributed by atoms with van der Waals surface area (Å²) in [5.41, 5.74) is 1.23. The number of halogens is 3. The Morgan fingerprint density at radius 1 is 1.18 bits per heavy atom. The van der Waals surface area contributed by atoms with E-state index in [1.165, 1.54) is 0 Å². The molecule has 2 heterocycles. The third-order valence-electron chi connectivity index (χ3n) is 4.57. The summed E-state index contributed by atoms with van der Waals surface area (Å²) in [4.78, 5) is 24.7. The Hall–Kier alpha value is -2.77. The summed E-state index contributed by atoms with van der Waals surface area (Å²) in [5.74, 6) is -3.62. The molecule has 1 atom stereocenters. The highest BCUT2D eigenvalue weighted by Crippen LogP contribution is 2.49. The van der Waals surface area contributed by atoms with Gasteiger partial charge in [0.1, 0.15) is 16.5 Å². The normalized spacial score (nSPS) is 15.8. The minimum Gasteiger partial charge on any atom is -0.477 e. The number of benzene rings is 2. The molecule has 1 amide bonds. The fourth-order valence-corrected chi connectivity index (χ4v) is 4.73. The first-order valence-electron chi connectivity index (χ1n) is 8.26. The second-order valence-electron chi connectivity index (χ2n) is 6.33. The molecule has 4 rings (SSSR count). The van der Waals surface area contributed by atoms with E-state index in [4.69, 9.17) is 11.6 Å². The Bertz CT molecular complexity index is 1110. The molecular weight excluding hydrogens is 408 g/mol. The highest BCUT2D eigenvalue weighted by atomic mass is 35.5. The van der Waals surface area contributed by atoms with Crippen LogP contribution in [0.5, 0.6) is 0 Å². The standard InChI is InChI=1S/C20H12ClF2NO3S/c21-10-3-1-9(2-4-10)16-17-18(28-19(16)20(26)27)13(8-15(25)24-17)12-7-11(22)5-6-14(12)23/h1-7,13H,8H2,(H,24,25)(H,26,27)/t13-/m0/s1. The molecule has 28 heavy (non-hydrogen) atoms. The summed E-state index contributed by atoms with van der Waals surface area (Å²) >= 11 is 6.87. The highest BCUT2D eigenvalue weighted by molar-refractivity contribution is 7.15. The number of carbonyl (C=O) groups excluding carboxylic acids is 1. The number of anilines is 1. The molecule has 0 radical (unpaired) electrons. The predicted octanol–water partition coefficient (Wildman–Crippen LogP) is 5.52. The molecule has 0 aliphatic carbocycles. The van der Waals surface area contributed by atoms with Crippen molar-refractivity contribution in [3.63, 3.8) is 0 Å². The molecule has 4 nitrogen and oxygen atoms in total. The lowest BCUT2D eigenvalue weighted by Gasteiger charge is -2.24. The number of nitrogens with one attached hydrogen (secondary N) is 1. The van der Waals surface area contributed by atoms with E-state index in [2.05, 4.69) is 5.32 Å². The quantitative estimate of drug-likeness (QED) is 0.587. The summed E-state index contributed by atoms with van der Waals surface area (Å²) in [6.07, 6.45) is -0.104. The number of rotatable bonds is 3. The molecule has 1 aliphatic heterocycles. The van der Waals surface area contributed by atoms with Gasteiger partial charge in [-0.25, -0.2) is 13.6 Å². The molecule has 3 aromatic rings. The van der Waals surface area contributed by atoms with Gasteiger partial charge in [0.2, 0.25) is 5.91 Å². The van der Waals surface area contributed by atoms with Gasteiger partial charge in [0, 0.05) is 27.8 Å². The summed E-state index contributed by atoms with van der Waals surface area (Å²) in [7, 11) is 0. The van der Waals surface area contributed by atoms with Crippen LogP contribution in [0.1, 0.15) is 32.5 Å². The molecule has 0 spiro atoms. The molecule has 0 saturated carbocycles. The third-order valence-corrected chi connectivity index (χ3v) is 6.11. The zero-order valence-electron chi connectivity index (χ0n) is 14.1. The van der Waals surface area contributed by atoms with Gasteiger partial charge in [0.05, 0.1) is 5.69 Å². The van der Waals surface area contributed by atoms with Gasteiger partial charge >= 0.3 is 5.97 Å². The number of hydrogen-bond acceptors (Lipinski definition) is 3. The minimum absolute atomic E-state index is 0.0105. The van der Waals surface area contributed by atoms with Gasteiger partial charge in [-0.3, -0.25) is 4.79 Å². The van der Waals surface area contributed by atoms with Crippen LogP contribution < -0.4 is 5.32 Å². The Morgan fingerprint density at radius 2 is 1.89 bits per heavy atom. The van der Waals surface area contributed by atoms with Crippen molar-refractivity contribution in [2.75, 3.05) is 5.32 Å². The van der Waals surface area contributed by atoms with Gasteiger partial charge in [0.25, 0.3) is 0 Å². The van der Waals surface area contributed by atoms with Crippen LogP contribution in [-0.2, 0) is 4.79 Å². The number of aromatic carboxylic acids is 1. The van der Waals surface area contributed by atoms with E-state index in [0.717, 1.165) is 29.5 Å². The average molecular weight is 420 g/mol. The van der Waals surface area contributed by atoms with E-state index in [-0.39, 0.29) is 16.9 Å². The van der Waals surface area contributed by atoms with Gasteiger partial charge in [-0.2, -0.15) is 0 Å². The minimum atomic E-state index is -1.17. The highest BCUT2D eigenvalue weighted by Gasteiger charge is 2.35. The van der Waals surface area contributed by atoms with E-state index >= 15 is 0 Å². The Labute approximate surface area is 167 Å². The zero-order valence-corrected chi connectivity index (χ0v) is 15.7. The fraction of sp³-hybridized carbons (Fsp3) is 0.100. The number of amides is 1. The van der Waals surface area contributed by atoms with Crippen molar-refractivity contribution in [1.82, 2.24) is 0 Å². The first-order chi connectivity index (χ1) is 13.3. The number of carboxylic acid groups (broad SMARTS) is 1. The Balaban J connectivity index is 1.96. The van der Waals surface area contributed by atoms with E-state index < -0.39 is 29.4 Å². The van der Waals surface area contributed by atoms with Crippen molar-refractivity contribution >= 4 is 40.5 Å². The van der Waals surface area contributed by atoms with E-state index in [1.54, 1.807) is 24.3 Å². The predicted molar refractivity (Wildman–Crippen MR) is 103 cm³/mol. The van der Waals surface area contributed by atoms with Crippen LogP contribution in [0.15, 0.2) is 42.5 Å². The van der Waals surface area contributed by atoms with Crippen molar-refractivity contribution in [2.45, 2.75) is 12.3 Å². The van der Waals surface area contributed by atoms with Gasteiger partial charge in [0.15, 0.2) is 0 Å². The number of carbonyl (C=O) groups is 2. The maximum absolute atomic E-state index is 14.4. The maximum atomic E-state index is 14.4. The lowest BCUT2D eigenvalue weighted by atomic mass is 9.88. The lowest BCUT2D eigenvalue weighted by Crippen LogP contribution is -2.23. The molecule has 1 aromatic heterocycles. The second-order valence-corrected chi connectivity index (χ2v) is 7.82. The smallest absolute Gasteiger partial charge is 0.346 e. The summed E-state index contributed by atoms with van der Waals surface area (Å²) in [6, 6.07) is 9.57. The molecule has 142 valence electrons. The van der Waals surface area contributed by atoms with Crippen LogP contribution in [0.3, 0.4) is 0 Å². The second kappa shape index (κ2) is 7.00. The first-order valence-corrected chi connectivity index (χ1v) is 9.45. The van der Waals surface area contributed by atoms with Gasteiger partial charge < -0.3 is 10.4 Å². The topological polar surface area (TPSA) is 66.4 Å². The van der Waals surface area contributed by atoms with Crippen LogP contribution >= 0.6 is 22.9 Å². The van der Waals surface area contributed by atoms with Gasteiger partial charge in [-0.15, -0.1) is 11.3 Å². The van der Waals surface area contributed by atoms with Gasteiger partial charge in [-0.05, 0) is 41.5 Å². The summed E-state index contributed by atoms with van der Waals surface area (Å²) in [5, 5.41) is 12.9. The monoisotopic (exact) mass is 419 g/mol. The lowest BCUT2D eigenvalue weighted by molar-refractivity contribution is -0.116. The van der Waals surface area contributed by atoms with Crippen molar-refractivity contribution in [3.05, 3.63) is 74.4 Å². The average Bonchev–Trinajstić information content (AvgIpc) is 3.03. The van der Waals surface area contributed by atoms with Crippen molar-refractivity contribution in [2.24, 2.45) is 0 Å². The SMILES string of the molecule is O=C1C[C@@H](c2cc(F)ccc2F)c2sc(C(=O)O)c(-c3ccc(Cl)cc3)c2N1. The van der Waals surface area contributed by atoms with E-state index in [1.807, 2.05) is 0 Å². The summed E-state index contributed by atoms with van der Waals surface area (Å²) < 4.78 is 28.1. The fourth-order valence-electron chi connectivity index (χ4n) is 3.36. The van der Waals surface area contributed by atoms with Crippen molar-refractivity contribution in [3.8, 4) is 11.1 Å². The van der Waals surface area contributed by atoms with Crippen LogP contribution in [-0.4, -0.2) is 17.0 Å². The molecule has 1 aliphatic rings. The van der Waals surface area contributed by atoms with Gasteiger partial charge in [-0.1, -0.05) is 23.7 Å². The van der Waals surface area contributed by atoms with E-state index in [0.29, 0.717) is 26.7 Å². The largest absolute Gasteiger partial charge is 0.477 e. The molecule has 2 aromatic carbocycles. The Kier molecular flexibility index (Phi) is 4.64. The molecular formula is C20H12ClF2NO3S.